The van der Waals surface area contributed by atoms with Crippen LogP contribution in [0, 0.1) is 10.1 Å². The van der Waals surface area contributed by atoms with Gasteiger partial charge in [-0.1, -0.05) is 17.3 Å². The maximum absolute atomic E-state index is 11.8. The number of oxime groups is 1. The second kappa shape index (κ2) is 5.47. The van der Waals surface area contributed by atoms with Crippen LogP contribution in [0.4, 0.5) is 10.5 Å². The Labute approximate surface area is 125 Å². The van der Waals surface area contributed by atoms with E-state index in [4.69, 9.17) is 0 Å². The first-order valence-electron chi connectivity index (χ1n) is 6.86. The number of rotatable bonds is 2. The summed E-state index contributed by atoms with van der Waals surface area (Å²) in [5.41, 5.74) is 2.42. The fourth-order valence-corrected chi connectivity index (χ4v) is 2.89. The van der Waals surface area contributed by atoms with E-state index < -0.39 is 11.0 Å². The van der Waals surface area contributed by atoms with Crippen molar-refractivity contribution in [1.29, 1.82) is 0 Å². The Morgan fingerprint density at radius 1 is 1.36 bits per heavy atom. The van der Waals surface area contributed by atoms with Crippen LogP contribution in [0.3, 0.4) is 0 Å². The van der Waals surface area contributed by atoms with E-state index in [-0.39, 0.29) is 11.7 Å². The number of nitro groups is 1. The molecular weight excluding hydrogens is 288 g/mol. The molecule has 0 bridgehead atoms. The summed E-state index contributed by atoms with van der Waals surface area (Å²) in [6.45, 7) is 0. The largest absolute Gasteiger partial charge is 0.411 e. The third kappa shape index (κ3) is 2.39. The van der Waals surface area contributed by atoms with Gasteiger partial charge in [-0.3, -0.25) is 10.1 Å². The molecule has 8 nitrogen and oxygen atoms in total. The molecule has 1 aromatic rings. The van der Waals surface area contributed by atoms with Crippen LogP contribution < -0.4 is 10.6 Å². The van der Waals surface area contributed by atoms with Crippen molar-refractivity contribution in [2.75, 3.05) is 0 Å². The van der Waals surface area contributed by atoms with Crippen LogP contribution in [0.5, 0.6) is 0 Å². The Morgan fingerprint density at radius 3 is 2.91 bits per heavy atom. The highest BCUT2D eigenvalue weighted by Crippen LogP contribution is 2.34. The Morgan fingerprint density at radius 2 is 2.18 bits per heavy atom. The van der Waals surface area contributed by atoms with Gasteiger partial charge in [-0.25, -0.2) is 4.79 Å². The number of hydrogen-bond acceptors (Lipinski definition) is 5. The lowest BCUT2D eigenvalue weighted by atomic mass is 9.85. The highest BCUT2D eigenvalue weighted by molar-refractivity contribution is 6.04. The third-order valence-electron chi connectivity index (χ3n) is 3.84. The lowest BCUT2D eigenvalue weighted by molar-refractivity contribution is -0.384. The zero-order valence-corrected chi connectivity index (χ0v) is 11.6. The van der Waals surface area contributed by atoms with Gasteiger partial charge in [0.2, 0.25) is 0 Å². The molecule has 8 heteroatoms. The molecule has 1 aliphatic carbocycles. The molecule has 2 amide bonds. The summed E-state index contributed by atoms with van der Waals surface area (Å²) in [4.78, 5) is 22.3. The number of nitro benzene ring substituents is 1. The minimum absolute atomic E-state index is 0.0503. The van der Waals surface area contributed by atoms with Crippen molar-refractivity contribution in [3.8, 4) is 0 Å². The summed E-state index contributed by atoms with van der Waals surface area (Å²) >= 11 is 0. The monoisotopic (exact) mass is 302 g/mol. The number of nitrogens with one attached hydrogen (secondary N) is 2. The van der Waals surface area contributed by atoms with Gasteiger partial charge in [0.25, 0.3) is 5.69 Å². The number of allylic oxidation sites excluding steroid dienone is 1. The van der Waals surface area contributed by atoms with E-state index in [1.54, 1.807) is 12.1 Å². The molecule has 1 aliphatic heterocycles. The van der Waals surface area contributed by atoms with Crippen LogP contribution in [0.25, 0.3) is 0 Å². The number of amides is 2. The van der Waals surface area contributed by atoms with Gasteiger partial charge < -0.3 is 15.8 Å². The highest BCUT2D eigenvalue weighted by atomic mass is 16.6. The SMILES string of the molecule is O=C1NC2=C(/C(=N/O)CCC2)[C@@H](c2cccc([N+](=O)[O-])c2)N1. The quantitative estimate of drug-likeness (QED) is 0.441. The van der Waals surface area contributed by atoms with E-state index in [9.17, 15) is 20.1 Å². The minimum Gasteiger partial charge on any atom is -0.411 e. The van der Waals surface area contributed by atoms with Gasteiger partial charge >= 0.3 is 6.03 Å². The van der Waals surface area contributed by atoms with Gasteiger partial charge in [0.1, 0.15) is 0 Å². The van der Waals surface area contributed by atoms with Crippen molar-refractivity contribution < 1.29 is 14.9 Å². The first kappa shape index (κ1) is 14.1. The lowest BCUT2D eigenvalue weighted by Crippen LogP contribution is -2.46. The average Bonchev–Trinajstić information content (AvgIpc) is 2.53. The molecule has 0 fully saturated rings. The van der Waals surface area contributed by atoms with Crippen molar-refractivity contribution in [3.05, 3.63) is 51.2 Å². The summed E-state index contributed by atoms with van der Waals surface area (Å²) in [7, 11) is 0. The van der Waals surface area contributed by atoms with Crippen LogP contribution in [-0.2, 0) is 0 Å². The van der Waals surface area contributed by atoms with Crippen LogP contribution in [0.1, 0.15) is 30.9 Å². The smallest absolute Gasteiger partial charge is 0.319 e. The molecule has 1 heterocycles. The molecule has 0 saturated heterocycles. The molecular formula is C14H14N4O4. The molecule has 1 aromatic carbocycles. The standard InChI is InChI=1S/C14H14N4O4/c19-14-15-10-5-2-6-11(17-20)12(10)13(16-14)8-3-1-4-9(7-8)18(21)22/h1,3-4,7,13,20H,2,5-6H2,(H2,15,16,19)/b17-11+/t13-/m1/s1. The summed E-state index contributed by atoms with van der Waals surface area (Å²) < 4.78 is 0. The summed E-state index contributed by atoms with van der Waals surface area (Å²) in [5.74, 6) is 0. The fraction of sp³-hybridized carbons (Fsp3) is 0.286. The summed E-state index contributed by atoms with van der Waals surface area (Å²) in [5, 5.41) is 28.9. The van der Waals surface area contributed by atoms with Gasteiger partial charge in [0.05, 0.1) is 16.7 Å². The van der Waals surface area contributed by atoms with Crippen molar-refractivity contribution in [2.45, 2.75) is 25.3 Å². The van der Waals surface area contributed by atoms with Gasteiger partial charge in [-0.15, -0.1) is 0 Å². The Balaban J connectivity index is 2.09. The number of non-ortho nitro benzene ring substituents is 1. The molecule has 0 aromatic heterocycles. The zero-order valence-electron chi connectivity index (χ0n) is 11.6. The van der Waals surface area contributed by atoms with Crippen LogP contribution in [0.15, 0.2) is 40.7 Å². The normalized spacial score (nSPS) is 22.8. The first-order chi connectivity index (χ1) is 10.6. The molecule has 0 spiro atoms. The maximum atomic E-state index is 11.8. The topological polar surface area (TPSA) is 117 Å². The van der Waals surface area contributed by atoms with Crippen molar-refractivity contribution >= 4 is 17.4 Å². The van der Waals surface area contributed by atoms with E-state index in [1.807, 2.05) is 0 Å². The first-order valence-corrected chi connectivity index (χ1v) is 6.86. The van der Waals surface area contributed by atoms with Gasteiger partial charge in [-0.2, -0.15) is 0 Å². The third-order valence-corrected chi connectivity index (χ3v) is 3.84. The summed E-state index contributed by atoms with van der Waals surface area (Å²) in [6, 6.07) is 5.16. The summed E-state index contributed by atoms with van der Waals surface area (Å²) in [6.07, 6.45) is 2.05. The predicted octanol–water partition coefficient (Wildman–Crippen LogP) is 2.22. The van der Waals surface area contributed by atoms with E-state index in [2.05, 4.69) is 15.8 Å². The van der Waals surface area contributed by atoms with Crippen LogP contribution in [0.2, 0.25) is 0 Å². The number of carbonyl (C=O) groups is 1. The molecule has 3 rings (SSSR count). The van der Waals surface area contributed by atoms with Crippen molar-refractivity contribution in [3.63, 3.8) is 0 Å². The minimum atomic E-state index is -0.560. The van der Waals surface area contributed by atoms with E-state index in [0.29, 0.717) is 35.4 Å². The second-order valence-electron chi connectivity index (χ2n) is 5.18. The zero-order chi connectivity index (χ0) is 15.7. The molecule has 3 N–H and O–H groups in total. The lowest BCUT2D eigenvalue weighted by Gasteiger charge is -2.33. The number of carbonyl (C=O) groups excluding carboxylic acids is 1. The second-order valence-corrected chi connectivity index (χ2v) is 5.18. The predicted molar refractivity (Wildman–Crippen MR) is 77.6 cm³/mol. The fourth-order valence-electron chi connectivity index (χ4n) is 2.89. The van der Waals surface area contributed by atoms with E-state index in [1.165, 1.54) is 12.1 Å². The van der Waals surface area contributed by atoms with Crippen LogP contribution >= 0.6 is 0 Å². The average molecular weight is 302 g/mol. The Kier molecular flexibility index (Phi) is 3.50. The molecule has 2 aliphatic rings. The number of urea groups is 1. The molecule has 1 atom stereocenters. The number of nitrogens with zero attached hydrogens (tertiary/aromatic N) is 2. The molecule has 0 saturated carbocycles. The number of benzene rings is 1. The van der Waals surface area contributed by atoms with E-state index in [0.717, 1.165) is 6.42 Å². The molecule has 0 radical (unpaired) electrons. The maximum Gasteiger partial charge on any atom is 0.319 e. The Hall–Kier alpha value is -2.90. The van der Waals surface area contributed by atoms with Crippen LogP contribution in [-0.4, -0.2) is 21.9 Å². The highest BCUT2D eigenvalue weighted by Gasteiger charge is 2.34. The molecule has 0 unspecified atom stereocenters. The van der Waals surface area contributed by atoms with E-state index >= 15 is 0 Å². The van der Waals surface area contributed by atoms with Gasteiger partial charge in [0, 0.05) is 23.4 Å². The Bertz CT molecular complexity index is 711. The molecule has 114 valence electrons. The van der Waals surface area contributed by atoms with Gasteiger partial charge in [0.15, 0.2) is 0 Å². The van der Waals surface area contributed by atoms with Crippen molar-refractivity contribution in [1.82, 2.24) is 10.6 Å². The number of hydrogen-bond donors (Lipinski definition) is 3. The van der Waals surface area contributed by atoms with Gasteiger partial charge in [-0.05, 0) is 24.8 Å². The molecule has 22 heavy (non-hydrogen) atoms. The van der Waals surface area contributed by atoms with Crippen molar-refractivity contribution in [2.24, 2.45) is 5.16 Å².